The fraction of sp³-hybridized carbons (Fsp3) is 0.200. The molecular formula is C15H12ClF4N3O3. The number of aliphatic hydroxyl groups excluding tert-OH is 1. The van der Waals surface area contributed by atoms with Gasteiger partial charge < -0.3 is 20.7 Å². The summed E-state index contributed by atoms with van der Waals surface area (Å²) in [5.41, 5.74) is 2.04. The number of halogens is 5. The van der Waals surface area contributed by atoms with Crippen LogP contribution in [0, 0.1) is 5.82 Å². The maximum Gasteiger partial charge on any atom is 0.416 e. The summed E-state index contributed by atoms with van der Waals surface area (Å²) in [6, 6.07) is 2.30. The van der Waals surface area contributed by atoms with Gasteiger partial charge in [0.15, 0.2) is 0 Å². The van der Waals surface area contributed by atoms with Gasteiger partial charge in [-0.25, -0.2) is 9.18 Å². The van der Waals surface area contributed by atoms with Crippen molar-refractivity contribution in [3.8, 4) is 0 Å². The molecule has 0 saturated heterocycles. The molecule has 0 spiro atoms. The number of carbonyl (C=O) groups excluding carboxylic acids is 1. The quantitative estimate of drug-likeness (QED) is 0.697. The number of primary amides is 1. The number of alkyl halides is 3. The van der Waals surface area contributed by atoms with Crippen molar-refractivity contribution in [2.75, 3.05) is 5.32 Å². The first-order valence-electron chi connectivity index (χ1n) is 6.99. The second-order valence-corrected chi connectivity index (χ2v) is 5.61. The number of aliphatic hydroxyl groups is 1. The topological polar surface area (TPSA) is 97.3 Å². The summed E-state index contributed by atoms with van der Waals surface area (Å²) in [6.45, 7) is -1.31. The van der Waals surface area contributed by atoms with Crippen LogP contribution in [0.4, 0.5) is 28.0 Å². The van der Waals surface area contributed by atoms with E-state index in [1.807, 2.05) is 5.32 Å². The van der Waals surface area contributed by atoms with E-state index < -0.39 is 52.9 Å². The van der Waals surface area contributed by atoms with Gasteiger partial charge >= 0.3 is 12.2 Å². The molecule has 1 aromatic heterocycles. The van der Waals surface area contributed by atoms with Crippen molar-refractivity contribution in [1.29, 1.82) is 0 Å². The van der Waals surface area contributed by atoms with Gasteiger partial charge in [-0.3, -0.25) is 4.79 Å². The summed E-state index contributed by atoms with van der Waals surface area (Å²) < 4.78 is 53.7. The SMILES string of the molecule is NC(=O)Nc1ccc(CO)n(Cc2cc(C(F)(F)F)cc(Cl)c2F)c1=O. The van der Waals surface area contributed by atoms with Crippen molar-refractivity contribution in [3.05, 3.63) is 62.3 Å². The molecule has 4 N–H and O–H groups in total. The third kappa shape index (κ3) is 4.14. The Morgan fingerprint density at radius 3 is 2.50 bits per heavy atom. The first-order chi connectivity index (χ1) is 12.0. The zero-order chi connectivity index (χ0) is 19.6. The lowest BCUT2D eigenvalue weighted by atomic mass is 10.1. The van der Waals surface area contributed by atoms with Gasteiger partial charge in [0.1, 0.15) is 11.5 Å². The molecule has 6 nitrogen and oxygen atoms in total. The summed E-state index contributed by atoms with van der Waals surface area (Å²) in [5.74, 6) is -1.14. The van der Waals surface area contributed by atoms with E-state index in [-0.39, 0.29) is 11.4 Å². The van der Waals surface area contributed by atoms with E-state index in [9.17, 15) is 32.3 Å². The zero-order valence-electron chi connectivity index (χ0n) is 12.9. The summed E-state index contributed by atoms with van der Waals surface area (Å²) in [4.78, 5) is 23.3. The van der Waals surface area contributed by atoms with E-state index >= 15 is 0 Å². The Kier molecular flexibility index (Phi) is 5.57. The number of amides is 2. The van der Waals surface area contributed by atoms with E-state index in [4.69, 9.17) is 17.3 Å². The molecule has 2 rings (SSSR count). The standard InChI is InChI=1S/C15H12ClF4N3O3/c16-10-4-8(15(18,19)20)3-7(12(10)17)5-23-9(6-24)1-2-11(13(23)25)22-14(21)26/h1-4,24H,5-6H2,(H3,21,22,26). The van der Waals surface area contributed by atoms with Crippen LogP contribution in [0.5, 0.6) is 0 Å². The smallest absolute Gasteiger partial charge is 0.390 e. The minimum atomic E-state index is -4.77. The highest BCUT2D eigenvalue weighted by Crippen LogP contribution is 2.33. The number of urea groups is 1. The predicted octanol–water partition coefficient (Wildman–Crippen LogP) is 2.69. The van der Waals surface area contributed by atoms with Crippen LogP contribution in [0.25, 0.3) is 0 Å². The normalized spacial score (nSPS) is 11.5. The van der Waals surface area contributed by atoms with Crippen LogP contribution in [0.15, 0.2) is 29.1 Å². The summed E-state index contributed by atoms with van der Waals surface area (Å²) in [5, 5.41) is 10.6. The molecule has 0 atom stereocenters. The van der Waals surface area contributed by atoms with Crippen LogP contribution < -0.4 is 16.6 Å². The van der Waals surface area contributed by atoms with Gasteiger partial charge in [-0.15, -0.1) is 0 Å². The molecule has 0 unspecified atom stereocenters. The molecule has 0 radical (unpaired) electrons. The fourth-order valence-electron chi connectivity index (χ4n) is 2.25. The maximum atomic E-state index is 14.2. The molecule has 26 heavy (non-hydrogen) atoms. The van der Waals surface area contributed by atoms with Gasteiger partial charge in [0.25, 0.3) is 5.56 Å². The van der Waals surface area contributed by atoms with Crippen LogP contribution in [0.1, 0.15) is 16.8 Å². The number of benzene rings is 1. The molecule has 2 aromatic rings. The third-order valence-corrected chi connectivity index (χ3v) is 3.72. The Morgan fingerprint density at radius 2 is 1.96 bits per heavy atom. The number of rotatable bonds is 4. The maximum absolute atomic E-state index is 14.2. The Bertz CT molecular complexity index is 912. The number of aromatic nitrogens is 1. The number of nitrogens with two attached hydrogens (primary N) is 1. The van der Waals surface area contributed by atoms with Crippen LogP contribution in [0.3, 0.4) is 0 Å². The number of carbonyl (C=O) groups is 1. The number of hydrogen-bond acceptors (Lipinski definition) is 3. The lowest BCUT2D eigenvalue weighted by molar-refractivity contribution is -0.137. The summed E-state index contributed by atoms with van der Waals surface area (Å²) in [7, 11) is 0. The van der Waals surface area contributed by atoms with Gasteiger partial charge in [0.05, 0.1) is 23.7 Å². The van der Waals surface area contributed by atoms with E-state index in [2.05, 4.69) is 0 Å². The van der Waals surface area contributed by atoms with Crippen LogP contribution in [-0.4, -0.2) is 15.7 Å². The Morgan fingerprint density at radius 1 is 1.31 bits per heavy atom. The second kappa shape index (κ2) is 7.34. The minimum absolute atomic E-state index is 0.0158. The Balaban J connectivity index is 2.59. The number of hydrogen-bond donors (Lipinski definition) is 3. The molecule has 140 valence electrons. The molecule has 0 aliphatic rings. The average Bonchev–Trinajstić information content (AvgIpc) is 2.53. The lowest BCUT2D eigenvalue weighted by Gasteiger charge is -2.16. The van der Waals surface area contributed by atoms with E-state index in [0.717, 1.165) is 10.6 Å². The number of anilines is 1. The van der Waals surface area contributed by atoms with E-state index in [0.29, 0.717) is 12.1 Å². The first kappa shape index (κ1) is 19.7. The highest BCUT2D eigenvalue weighted by atomic mass is 35.5. The third-order valence-electron chi connectivity index (χ3n) is 3.44. The second-order valence-electron chi connectivity index (χ2n) is 5.21. The van der Waals surface area contributed by atoms with Gasteiger partial charge in [0.2, 0.25) is 0 Å². The predicted molar refractivity (Wildman–Crippen MR) is 85.3 cm³/mol. The monoisotopic (exact) mass is 393 g/mol. The Labute approximate surface area is 148 Å². The fourth-order valence-corrected chi connectivity index (χ4v) is 2.49. The molecule has 0 aliphatic carbocycles. The van der Waals surface area contributed by atoms with E-state index in [1.165, 1.54) is 6.07 Å². The Hall–Kier alpha value is -2.59. The van der Waals surface area contributed by atoms with Gasteiger partial charge in [-0.05, 0) is 24.3 Å². The van der Waals surface area contributed by atoms with Crippen molar-refractivity contribution in [2.24, 2.45) is 5.73 Å². The molecule has 11 heteroatoms. The largest absolute Gasteiger partial charge is 0.416 e. The number of nitrogens with one attached hydrogen (secondary N) is 1. The lowest BCUT2D eigenvalue weighted by Crippen LogP contribution is -2.30. The van der Waals surface area contributed by atoms with Crippen LogP contribution in [0.2, 0.25) is 5.02 Å². The van der Waals surface area contributed by atoms with Gasteiger partial charge in [-0.1, -0.05) is 11.6 Å². The molecule has 0 bridgehead atoms. The van der Waals surface area contributed by atoms with E-state index in [1.54, 1.807) is 0 Å². The molecular weight excluding hydrogens is 382 g/mol. The van der Waals surface area contributed by atoms with Crippen molar-refractivity contribution in [2.45, 2.75) is 19.3 Å². The van der Waals surface area contributed by atoms with Crippen molar-refractivity contribution in [3.63, 3.8) is 0 Å². The highest BCUT2D eigenvalue weighted by Gasteiger charge is 2.32. The van der Waals surface area contributed by atoms with Crippen molar-refractivity contribution >= 4 is 23.3 Å². The molecule has 1 aromatic carbocycles. The first-order valence-corrected chi connectivity index (χ1v) is 7.37. The molecule has 1 heterocycles. The molecule has 2 amide bonds. The minimum Gasteiger partial charge on any atom is -0.390 e. The molecule has 0 aliphatic heterocycles. The van der Waals surface area contributed by atoms with Crippen molar-refractivity contribution < 1.29 is 27.5 Å². The molecule has 0 saturated carbocycles. The van der Waals surface area contributed by atoms with Crippen LogP contribution in [-0.2, 0) is 19.3 Å². The average molecular weight is 394 g/mol. The summed E-state index contributed by atoms with van der Waals surface area (Å²) in [6.07, 6.45) is -4.77. The highest BCUT2D eigenvalue weighted by molar-refractivity contribution is 6.30. The van der Waals surface area contributed by atoms with Gasteiger partial charge in [-0.2, -0.15) is 13.2 Å². The van der Waals surface area contributed by atoms with Crippen LogP contribution >= 0.6 is 11.6 Å². The number of nitrogens with zero attached hydrogens (tertiary/aromatic N) is 1. The molecule has 0 fully saturated rings. The van der Waals surface area contributed by atoms with Crippen molar-refractivity contribution in [1.82, 2.24) is 4.57 Å². The van der Waals surface area contributed by atoms with Gasteiger partial charge in [0, 0.05) is 11.3 Å². The zero-order valence-corrected chi connectivity index (χ0v) is 13.7. The summed E-state index contributed by atoms with van der Waals surface area (Å²) >= 11 is 5.52. The number of pyridine rings is 1.